The minimum Gasteiger partial charge on any atom is -0.393 e. The summed E-state index contributed by atoms with van der Waals surface area (Å²) in [6, 6.07) is 1.09. The van der Waals surface area contributed by atoms with Crippen LogP contribution in [0.25, 0.3) is 0 Å². The molecule has 1 unspecified atom stereocenters. The van der Waals surface area contributed by atoms with Crippen LogP contribution in [0, 0.1) is 0 Å². The van der Waals surface area contributed by atoms with Gasteiger partial charge in [-0.05, 0) is 19.3 Å². The van der Waals surface area contributed by atoms with Gasteiger partial charge in [-0.1, -0.05) is 12.2 Å². The third-order valence-electron chi connectivity index (χ3n) is 2.98. The van der Waals surface area contributed by atoms with E-state index in [0.29, 0.717) is 6.04 Å². The van der Waals surface area contributed by atoms with E-state index in [1.807, 2.05) is 0 Å². The molecular weight excluding hydrogens is 210 g/mol. The van der Waals surface area contributed by atoms with Crippen LogP contribution in [-0.2, 0) is 4.79 Å². The van der Waals surface area contributed by atoms with Gasteiger partial charge in [0.1, 0.15) is 0 Å². The lowest BCUT2D eigenvalue weighted by Crippen LogP contribution is -2.38. The van der Waals surface area contributed by atoms with Crippen LogP contribution in [-0.4, -0.2) is 41.0 Å². The molecule has 4 nitrogen and oxygen atoms in total. The van der Waals surface area contributed by atoms with E-state index in [2.05, 4.69) is 10.2 Å². The smallest absolute Gasteiger partial charge is 0.227 e. The Morgan fingerprint density at radius 3 is 2.80 bits per heavy atom. The van der Waals surface area contributed by atoms with Crippen LogP contribution in [0.2, 0.25) is 0 Å². The Kier molecular flexibility index (Phi) is 3.21. The van der Waals surface area contributed by atoms with E-state index in [1.54, 1.807) is 0 Å². The van der Waals surface area contributed by atoms with E-state index in [9.17, 15) is 4.79 Å². The molecule has 15 heavy (non-hydrogen) atoms. The van der Waals surface area contributed by atoms with Crippen molar-refractivity contribution in [1.82, 2.24) is 10.2 Å². The second-order valence-corrected chi connectivity index (χ2v) is 4.95. The summed E-state index contributed by atoms with van der Waals surface area (Å²) in [6.07, 6.45) is 3.88. The van der Waals surface area contributed by atoms with Crippen molar-refractivity contribution in [2.75, 3.05) is 13.1 Å². The molecule has 1 heterocycles. The molecule has 3 N–H and O–H groups in total. The van der Waals surface area contributed by atoms with Gasteiger partial charge < -0.3 is 11.1 Å². The number of rotatable bonds is 4. The predicted octanol–water partition coefficient (Wildman–Crippen LogP) is 0.0155. The minimum absolute atomic E-state index is 0.0369. The van der Waals surface area contributed by atoms with Crippen molar-refractivity contribution in [2.24, 2.45) is 5.73 Å². The predicted molar refractivity (Wildman–Crippen MR) is 62.5 cm³/mol. The van der Waals surface area contributed by atoms with Gasteiger partial charge in [-0.15, -0.1) is 0 Å². The third-order valence-corrected chi connectivity index (χ3v) is 3.13. The molecule has 2 aliphatic rings. The molecule has 0 radical (unpaired) electrons. The molecule has 0 aromatic heterocycles. The first-order chi connectivity index (χ1) is 7.15. The maximum absolute atomic E-state index is 11.4. The monoisotopic (exact) mass is 227 g/mol. The van der Waals surface area contributed by atoms with Gasteiger partial charge in [0.15, 0.2) is 0 Å². The molecule has 0 bridgehead atoms. The van der Waals surface area contributed by atoms with Crippen LogP contribution >= 0.6 is 12.2 Å². The van der Waals surface area contributed by atoms with Gasteiger partial charge in [0, 0.05) is 25.2 Å². The van der Waals surface area contributed by atoms with Crippen LogP contribution in [0.5, 0.6) is 0 Å². The summed E-state index contributed by atoms with van der Waals surface area (Å²) in [5.74, 6) is -0.0369. The molecule has 1 amide bonds. The van der Waals surface area contributed by atoms with Crippen molar-refractivity contribution < 1.29 is 4.79 Å². The number of likely N-dealkylation sites (tertiary alicyclic amines) is 1. The molecule has 1 saturated heterocycles. The normalized spacial score (nSPS) is 26.5. The lowest BCUT2D eigenvalue weighted by Gasteiger charge is -2.15. The fourth-order valence-electron chi connectivity index (χ4n) is 2.11. The quantitative estimate of drug-likeness (QED) is 0.665. The molecule has 2 fully saturated rings. The summed E-state index contributed by atoms with van der Waals surface area (Å²) in [7, 11) is 0. The number of nitrogens with two attached hydrogens (primary N) is 1. The maximum Gasteiger partial charge on any atom is 0.227 e. The molecule has 1 aliphatic carbocycles. The fraction of sp³-hybridized carbons (Fsp3) is 0.800. The number of amides is 1. The average molecular weight is 227 g/mol. The van der Waals surface area contributed by atoms with Gasteiger partial charge in [0.05, 0.1) is 11.4 Å². The van der Waals surface area contributed by atoms with Crippen molar-refractivity contribution in [3.8, 4) is 0 Å². The number of nitrogens with one attached hydrogen (secondary N) is 1. The maximum atomic E-state index is 11.4. The first kappa shape index (κ1) is 10.8. The van der Waals surface area contributed by atoms with Crippen molar-refractivity contribution >= 4 is 23.1 Å². The van der Waals surface area contributed by atoms with Crippen molar-refractivity contribution in [3.05, 3.63) is 0 Å². The van der Waals surface area contributed by atoms with Gasteiger partial charge >= 0.3 is 0 Å². The molecule has 0 aromatic carbocycles. The largest absolute Gasteiger partial charge is 0.393 e. The summed E-state index contributed by atoms with van der Waals surface area (Å²) < 4.78 is 0. The summed E-state index contributed by atoms with van der Waals surface area (Å²) >= 11 is 4.69. The topological polar surface area (TPSA) is 58.4 Å². The lowest BCUT2D eigenvalue weighted by atomic mass is 10.2. The van der Waals surface area contributed by atoms with E-state index in [0.717, 1.165) is 25.6 Å². The molecule has 5 heteroatoms. The summed E-state index contributed by atoms with van der Waals surface area (Å²) in [4.78, 5) is 14.1. The molecule has 84 valence electrons. The van der Waals surface area contributed by atoms with E-state index in [4.69, 9.17) is 18.0 Å². The van der Waals surface area contributed by atoms with Gasteiger partial charge in [0.2, 0.25) is 5.91 Å². The zero-order chi connectivity index (χ0) is 10.8. The highest BCUT2D eigenvalue weighted by molar-refractivity contribution is 7.80. The second kappa shape index (κ2) is 4.45. The molecule has 2 rings (SSSR count). The van der Waals surface area contributed by atoms with Crippen molar-refractivity contribution in [2.45, 2.75) is 37.8 Å². The van der Waals surface area contributed by atoms with Crippen molar-refractivity contribution in [3.63, 3.8) is 0 Å². The Balaban J connectivity index is 1.71. The number of hydrogen-bond donors (Lipinski definition) is 2. The second-order valence-electron chi connectivity index (χ2n) is 4.42. The fourth-order valence-corrected chi connectivity index (χ4v) is 2.24. The lowest BCUT2D eigenvalue weighted by molar-refractivity contribution is -0.120. The SMILES string of the molecule is NC(=S)CC(=O)NC1CCN(C2CC2)C1. The summed E-state index contributed by atoms with van der Waals surface area (Å²) in [5.41, 5.74) is 5.31. The molecule has 0 aromatic rings. The molecular formula is C10H17N3OS. The first-order valence-corrected chi connectivity index (χ1v) is 5.87. The highest BCUT2D eigenvalue weighted by atomic mass is 32.1. The Labute approximate surface area is 95.2 Å². The van der Waals surface area contributed by atoms with E-state index < -0.39 is 0 Å². The van der Waals surface area contributed by atoms with Crippen LogP contribution in [0.3, 0.4) is 0 Å². The summed E-state index contributed by atoms with van der Waals surface area (Å²) in [6.45, 7) is 2.11. The first-order valence-electron chi connectivity index (χ1n) is 5.47. The molecule has 1 aliphatic heterocycles. The Morgan fingerprint density at radius 1 is 1.47 bits per heavy atom. The molecule has 0 spiro atoms. The number of carbonyl (C=O) groups excluding carboxylic acids is 1. The third kappa shape index (κ3) is 3.14. The van der Waals surface area contributed by atoms with E-state index in [-0.39, 0.29) is 17.3 Å². The van der Waals surface area contributed by atoms with Gasteiger partial charge in [-0.25, -0.2) is 0 Å². The van der Waals surface area contributed by atoms with Crippen LogP contribution in [0.4, 0.5) is 0 Å². The summed E-state index contributed by atoms with van der Waals surface area (Å²) in [5, 5.41) is 2.97. The van der Waals surface area contributed by atoms with Crippen LogP contribution in [0.15, 0.2) is 0 Å². The van der Waals surface area contributed by atoms with Crippen molar-refractivity contribution in [1.29, 1.82) is 0 Å². The zero-order valence-electron chi connectivity index (χ0n) is 8.74. The van der Waals surface area contributed by atoms with Crippen LogP contribution in [0.1, 0.15) is 25.7 Å². The van der Waals surface area contributed by atoms with Gasteiger partial charge in [-0.3, -0.25) is 9.69 Å². The minimum atomic E-state index is -0.0369. The Hall–Kier alpha value is -0.680. The van der Waals surface area contributed by atoms with E-state index in [1.165, 1.54) is 12.8 Å². The highest BCUT2D eigenvalue weighted by Crippen LogP contribution is 2.29. The van der Waals surface area contributed by atoms with Gasteiger partial charge in [-0.2, -0.15) is 0 Å². The number of hydrogen-bond acceptors (Lipinski definition) is 3. The number of thiocarbonyl (C=S) groups is 1. The number of nitrogens with zero attached hydrogens (tertiary/aromatic N) is 1. The Bertz CT molecular complexity index is 278. The zero-order valence-corrected chi connectivity index (χ0v) is 9.55. The van der Waals surface area contributed by atoms with Gasteiger partial charge in [0.25, 0.3) is 0 Å². The Morgan fingerprint density at radius 2 is 2.20 bits per heavy atom. The van der Waals surface area contributed by atoms with Crippen LogP contribution < -0.4 is 11.1 Å². The molecule has 1 atom stereocenters. The van der Waals surface area contributed by atoms with E-state index >= 15 is 0 Å². The standard InChI is InChI=1S/C10H17N3OS/c11-9(15)5-10(14)12-7-3-4-13(6-7)8-1-2-8/h7-8H,1-6H2,(H2,11,15)(H,12,14). The molecule has 1 saturated carbocycles. The number of carbonyl (C=O) groups is 1. The average Bonchev–Trinajstić information content (AvgIpc) is 2.87. The highest BCUT2D eigenvalue weighted by Gasteiger charge is 2.34.